The average molecular weight is 671 g/mol. The largest absolute Gasteiger partial charge is 0.352 e. The Balaban J connectivity index is 1.85. The highest BCUT2D eigenvalue weighted by Gasteiger charge is 2.36. The first-order valence-electron chi connectivity index (χ1n) is 14.3. The average Bonchev–Trinajstić information content (AvgIpc) is 3.00. The third-order valence-electron chi connectivity index (χ3n) is 7.09. The number of rotatable bonds is 12. The number of benzene rings is 4. The molecule has 1 atom stereocenters. The lowest BCUT2D eigenvalue weighted by atomic mass is 10.0. The van der Waals surface area contributed by atoms with Crippen molar-refractivity contribution in [3.63, 3.8) is 0 Å². The van der Waals surface area contributed by atoms with Crippen LogP contribution in [-0.4, -0.2) is 43.8 Å². The van der Waals surface area contributed by atoms with Crippen LogP contribution < -0.4 is 9.62 Å². The Morgan fingerprint density at radius 2 is 1.51 bits per heavy atom. The number of nitrogens with zero attached hydrogens (tertiary/aromatic N) is 2. The molecule has 2 amide bonds. The molecular weight excluding hydrogens is 636 g/mol. The Kier molecular flexibility index (Phi) is 11.3. The summed E-state index contributed by atoms with van der Waals surface area (Å²) in [7, 11) is -4.38. The molecule has 0 aliphatic carbocycles. The number of hydrogen-bond donors (Lipinski definition) is 1. The normalized spacial score (nSPS) is 12.1. The molecule has 0 radical (unpaired) electrons. The van der Waals surface area contributed by atoms with E-state index in [0.29, 0.717) is 0 Å². The molecule has 45 heavy (non-hydrogen) atoms. The SMILES string of the molecule is Cc1ccc(S(=O)(=O)N(CC(=O)N(Cc2ccccc2F)[C@@H](Cc2ccccc2)C(=O)NC(C)C)c2cccc(Cl)c2Cl)cc1. The third kappa shape index (κ3) is 8.42. The minimum absolute atomic E-state index is 0.0184. The summed E-state index contributed by atoms with van der Waals surface area (Å²) in [6.45, 7) is 4.36. The Morgan fingerprint density at radius 1 is 0.867 bits per heavy atom. The summed E-state index contributed by atoms with van der Waals surface area (Å²) in [6.07, 6.45) is 0.0994. The fraction of sp³-hybridized carbons (Fsp3) is 0.235. The van der Waals surface area contributed by atoms with Gasteiger partial charge < -0.3 is 10.2 Å². The zero-order valence-electron chi connectivity index (χ0n) is 25.1. The molecule has 11 heteroatoms. The number of hydrogen-bond acceptors (Lipinski definition) is 4. The van der Waals surface area contributed by atoms with E-state index in [1.54, 1.807) is 32.0 Å². The number of carbonyl (C=O) groups excluding carboxylic acids is 2. The van der Waals surface area contributed by atoms with E-state index in [4.69, 9.17) is 23.2 Å². The molecule has 1 N–H and O–H groups in total. The monoisotopic (exact) mass is 669 g/mol. The highest BCUT2D eigenvalue weighted by Crippen LogP contribution is 2.35. The minimum atomic E-state index is -4.38. The molecule has 0 heterocycles. The van der Waals surface area contributed by atoms with Crippen LogP contribution in [-0.2, 0) is 32.6 Å². The molecule has 0 saturated heterocycles. The van der Waals surface area contributed by atoms with Gasteiger partial charge in [-0.3, -0.25) is 13.9 Å². The Hall–Kier alpha value is -3.92. The van der Waals surface area contributed by atoms with Crippen LogP contribution in [0.1, 0.15) is 30.5 Å². The highest BCUT2D eigenvalue weighted by atomic mass is 35.5. The lowest BCUT2D eigenvalue weighted by Gasteiger charge is -2.34. The molecule has 0 aliphatic heterocycles. The van der Waals surface area contributed by atoms with Gasteiger partial charge in [0.15, 0.2) is 0 Å². The highest BCUT2D eigenvalue weighted by molar-refractivity contribution is 7.92. The van der Waals surface area contributed by atoms with Crippen molar-refractivity contribution < 1.29 is 22.4 Å². The van der Waals surface area contributed by atoms with Gasteiger partial charge in [-0.05, 0) is 56.7 Å². The van der Waals surface area contributed by atoms with E-state index >= 15 is 4.39 Å². The van der Waals surface area contributed by atoms with Crippen LogP contribution in [0.3, 0.4) is 0 Å². The van der Waals surface area contributed by atoms with Gasteiger partial charge in [-0.15, -0.1) is 0 Å². The molecule has 0 aromatic heterocycles. The molecule has 0 spiro atoms. The van der Waals surface area contributed by atoms with E-state index < -0.39 is 40.2 Å². The van der Waals surface area contributed by atoms with Crippen molar-refractivity contribution in [1.82, 2.24) is 10.2 Å². The molecular formula is C34H34Cl2FN3O4S. The summed E-state index contributed by atoms with van der Waals surface area (Å²) >= 11 is 12.8. The van der Waals surface area contributed by atoms with Crippen molar-refractivity contribution in [3.8, 4) is 0 Å². The molecule has 0 aliphatic rings. The van der Waals surface area contributed by atoms with Crippen molar-refractivity contribution in [2.75, 3.05) is 10.8 Å². The first kappa shape index (κ1) is 34.0. The van der Waals surface area contributed by atoms with Crippen molar-refractivity contribution in [2.45, 2.75) is 50.7 Å². The molecule has 0 saturated carbocycles. The lowest BCUT2D eigenvalue weighted by Crippen LogP contribution is -2.54. The molecule has 0 fully saturated rings. The fourth-order valence-electron chi connectivity index (χ4n) is 4.78. The summed E-state index contributed by atoms with van der Waals surface area (Å²) in [6, 6.07) is 24.3. The molecule has 0 unspecified atom stereocenters. The fourth-order valence-corrected chi connectivity index (χ4v) is 6.65. The Labute approximate surface area is 273 Å². The van der Waals surface area contributed by atoms with Crippen LogP contribution in [0.15, 0.2) is 102 Å². The number of nitrogens with one attached hydrogen (secondary N) is 1. The number of aryl methyl sites for hydroxylation is 1. The first-order chi connectivity index (χ1) is 21.4. The third-order valence-corrected chi connectivity index (χ3v) is 9.67. The van der Waals surface area contributed by atoms with Crippen molar-refractivity contribution in [1.29, 1.82) is 0 Å². The van der Waals surface area contributed by atoms with E-state index in [2.05, 4.69) is 5.32 Å². The molecule has 4 rings (SSSR count). The van der Waals surface area contributed by atoms with Gasteiger partial charge in [0, 0.05) is 24.6 Å². The number of carbonyl (C=O) groups is 2. The van der Waals surface area contributed by atoms with E-state index in [1.807, 2.05) is 37.3 Å². The van der Waals surface area contributed by atoms with Crippen LogP contribution in [0.25, 0.3) is 0 Å². The zero-order valence-corrected chi connectivity index (χ0v) is 27.4. The van der Waals surface area contributed by atoms with Crippen LogP contribution in [0.4, 0.5) is 10.1 Å². The lowest BCUT2D eigenvalue weighted by molar-refractivity contribution is -0.140. The molecule has 4 aromatic rings. The topological polar surface area (TPSA) is 86.8 Å². The van der Waals surface area contributed by atoms with Gasteiger partial charge in [-0.25, -0.2) is 12.8 Å². The molecule has 7 nitrogen and oxygen atoms in total. The maximum absolute atomic E-state index is 15.0. The van der Waals surface area contributed by atoms with Gasteiger partial charge in [-0.1, -0.05) is 95.5 Å². The van der Waals surface area contributed by atoms with E-state index in [1.165, 1.54) is 53.4 Å². The molecule has 0 bridgehead atoms. The van der Waals surface area contributed by atoms with Gasteiger partial charge in [0.1, 0.15) is 18.4 Å². The van der Waals surface area contributed by atoms with E-state index in [9.17, 15) is 18.0 Å². The Morgan fingerprint density at radius 3 is 2.16 bits per heavy atom. The second-order valence-electron chi connectivity index (χ2n) is 10.9. The predicted molar refractivity (Wildman–Crippen MR) is 176 cm³/mol. The smallest absolute Gasteiger partial charge is 0.264 e. The summed E-state index contributed by atoms with van der Waals surface area (Å²) in [5, 5.41) is 2.89. The summed E-state index contributed by atoms with van der Waals surface area (Å²) in [5.41, 5.74) is 1.74. The second kappa shape index (κ2) is 14.9. The van der Waals surface area contributed by atoms with Crippen LogP contribution in [0.5, 0.6) is 0 Å². The standard InChI is InChI=1S/C34H34Cl2FN3O4S/c1-23(2)38-34(42)31(20-25-10-5-4-6-11-25)39(21-26-12-7-8-14-29(26)37)32(41)22-40(30-15-9-13-28(35)33(30)36)45(43,44)27-18-16-24(3)17-19-27/h4-19,23,31H,20-22H2,1-3H3,(H,38,42)/t31-/m0/s1. The molecule has 4 aromatic carbocycles. The van der Waals surface area contributed by atoms with Gasteiger partial charge in [-0.2, -0.15) is 0 Å². The summed E-state index contributed by atoms with van der Waals surface area (Å²) < 4.78 is 44.1. The summed E-state index contributed by atoms with van der Waals surface area (Å²) in [5.74, 6) is -1.78. The quantitative estimate of drug-likeness (QED) is 0.180. The van der Waals surface area contributed by atoms with Crippen LogP contribution in [0, 0.1) is 12.7 Å². The maximum atomic E-state index is 15.0. The van der Waals surface area contributed by atoms with Crippen LogP contribution >= 0.6 is 23.2 Å². The number of amides is 2. The summed E-state index contributed by atoms with van der Waals surface area (Å²) in [4.78, 5) is 29.3. The van der Waals surface area contributed by atoms with Crippen molar-refractivity contribution in [3.05, 3.63) is 130 Å². The molecule has 236 valence electrons. The number of sulfonamides is 1. The maximum Gasteiger partial charge on any atom is 0.264 e. The van der Waals surface area contributed by atoms with Crippen LogP contribution in [0.2, 0.25) is 10.0 Å². The first-order valence-corrected chi connectivity index (χ1v) is 16.5. The minimum Gasteiger partial charge on any atom is -0.352 e. The number of halogens is 3. The van der Waals surface area contributed by atoms with Gasteiger partial charge >= 0.3 is 0 Å². The Bertz CT molecular complexity index is 1750. The van der Waals surface area contributed by atoms with Gasteiger partial charge in [0.25, 0.3) is 10.0 Å². The van der Waals surface area contributed by atoms with E-state index in [-0.39, 0.29) is 45.2 Å². The van der Waals surface area contributed by atoms with Gasteiger partial charge in [0.2, 0.25) is 11.8 Å². The van der Waals surface area contributed by atoms with Gasteiger partial charge in [0.05, 0.1) is 20.6 Å². The van der Waals surface area contributed by atoms with E-state index in [0.717, 1.165) is 15.4 Å². The van der Waals surface area contributed by atoms with Crippen molar-refractivity contribution in [2.24, 2.45) is 0 Å². The van der Waals surface area contributed by atoms with Crippen molar-refractivity contribution >= 4 is 50.7 Å². The predicted octanol–water partition coefficient (Wildman–Crippen LogP) is 6.80. The number of anilines is 1. The second-order valence-corrected chi connectivity index (χ2v) is 13.5. The zero-order chi connectivity index (χ0) is 32.7.